The molecule has 1 aliphatic heterocycles. The Morgan fingerprint density at radius 1 is 1.15 bits per heavy atom. The van der Waals surface area contributed by atoms with Gasteiger partial charge in [-0.2, -0.15) is 0 Å². The van der Waals surface area contributed by atoms with E-state index < -0.39 is 0 Å². The zero-order valence-electron chi connectivity index (χ0n) is 14.9. The molecule has 27 heavy (non-hydrogen) atoms. The maximum absolute atomic E-state index is 12.7. The lowest BCUT2D eigenvalue weighted by Crippen LogP contribution is -2.40. The van der Waals surface area contributed by atoms with Crippen LogP contribution in [-0.4, -0.2) is 34.2 Å². The fourth-order valence-corrected chi connectivity index (χ4v) is 4.42. The highest BCUT2D eigenvalue weighted by molar-refractivity contribution is 7.99. The minimum absolute atomic E-state index is 0.144. The van der Waals surface area contributed by atoms with Crippen LogP contribution < -0.4 is 5.32 Å². The molecule has 0 aliphatic carbocycles. The van der Waals surface area contributed by atoms with E-state index in [1.165, 1.54) is 10.9 Å². The number of H-pyrrole nitrogens is 1. The van der Waals surface area contributed by atoms with Crippen LogP contribution in [0, 0.1) is 0 Å². The number of para-hydroxylation sites is 1. The second kappa shape index (κ2) is 8.03. The minimum Gasteiger partial charge on any atom is -0.508 e. The molecule has 2 heterocycles. The van der Waals surface area contributed by atoms with E-state index in [9.17, 15) is 9.90 Å². The van der Waals surface area contributed by atoms with Crippen molar-refractivity contribution < 1.29 is 9.90 Å². The molecule has 0 spiro atoms. The van der Waals surface area contributed by atoms with E-state index in [-0.39, 0.29) is 17.6 Å². The largest absolute Gasteiger partial charge is 0.508 e. The summed E-state index contributed by atoms with van der Waals surface area (Å²) < 4.78 is 0. The predicted octanol–water partition coefficient (Wildman–Crippen LogP) is 4.12. The van der Waals surface area contributed by atoms with Crippen LogP contribution in [0.4, 0.5) is 0 Å². The number of carbonyl (C=O) groups excluding carboxylic acids is 1. The molecule has 5 heteroatoms. The average molecular weight is 378 g/mol. The maximum Gasteiger partial charge on any atom is 0.159 e. The first-order valence-corrected chi connectivity index (χ1v) is 10.2. The van der Waals surface area contributed by atoms with Crippen LogP contribution in [0.3, 0.4) is 0 Å². The van der Waals surface area contributed by atoms with Crippen LogP contribution in [0.5, 0.6) is 5.75 Å². The molecule has 2 aromatic carbocycles. The molecule has 0 radical (unpaired) electrons. The molecule has 3 aromatic rings. The van der Waals surface area contributed by atoms with Gasteiger partial charge in [-0.15, -0.1) is 11.8 Å². The molecule has 4 rings (SSSR count). The first-order valence-electron chi connectivity index (χ1n) is 9.08. The highest BCUT2D eigenvalue weighted by atomic mass is 32.2. The Morgan fingerprint density at radius 2 is 1.96 bits per heavy atom. The number of thioether (sulfide) groups is 1. The number of aromatic hydroxyl groups is 1. The van der Waals surface area contributed by atoms with E-state index in [1.807, 2.05) is 30.5 Å². The average Bonchev–Trinajstić information content (AvgIpc) is 3.12. The number of aromatic nitrogens is 1. The number of Topliss-reactive ketones (excluding diaryl/α,β-unsaturated/α-hetero) is 1. The molecule has 1 aliphatic rings. The van der Waals surface area contributed by atoms with Crippen molar-refractivity contribution in [3.8, 4) is 5.75 Å². The number of phenolic OH excluding ortho intramolecular Hbond substituents is 1. The monoisotopic (exact) mass is 378 g/mol. The molecule has 0 saturated carbocycles. The summed E-state index contributed by atoms with van der Waals surface area (Å²) in [5.41, 5.74) is 4.61. The first kappa shape index (κ1) is 17.9. The number of ketones is 1. The summed E-state index contributed by atoms with van der Waals surface area (Å²) >= 11 is 1.66. The fourth-order valence-electron chi connectivity index (χ4n) is 3.45. The topological polar surface area (TPSA) is 65.1 Å². The van der Waals surface area contributed by atoms with E-state index in [2.05, 4.69) is 28.5 Å². The Hall–Kier alpha value is -2.50. The van der Waals surface area contributed by atoms with Crippen molar-refractivity contribution in [2.24, 2.45) is 0 Å². The third kappa shape index (κ3) is 4.10. The number of phenols is 1. The van der Waals surface area contributed by atoms with Crippen molar-refractivity contribution in [2.45, 2.75) is 18.2 Å². The zero-order valence-corrected chi connectivity index (χ0v) is 15.8. The van der Waals surface area contributed by atoms with Gasteiger partial charge in [-0.05, 0) is 41.3 Å². The highest BCUT2D eigenvalue weighted by Crippen LogP contribution is 2.26. The van der Waals surface area contributed by atoms with E-state index in [1.54, 1.807) is 23.9 Å². The summed E-state index contributed by atoms with van der Waals surface area (Å²) in [7, 11) is 0. The fraction of sp³-hybridized carbons (Fsp3) is 0.227. The summed E-state index contributed by atoms with van der Waals surface area (Å²) in [4.78, 5) is 15.9. The molecule has 1 aromatic heterocycles. The van der Waals surface area contributed by atoms with Gasteiger partial charge in [0.2, 0.25) is 0 Å². The molecule has 0 amide bonds. The molecule has 1 atom stereocenters. The molecule has 3 N–H and O–H groups in total. The van der Waals surface area contributed by atoms with Crippen molar-refractivity contribution in [1.82, 2.24) is 10.3 Å². The molecule has 1 unspecified atom stereocenters. The number of fused-ring (bicyclic) bond motifs is 1. The summed E-state index contributed by atoms with van der Waals surface area (Å²) in [6.07, 6.45) is 4.85. The lowest BCUT2D eigenvalue weighted by molar-refractivity contribution is -0.118. The summed E-state index contributed by atoms with van der Waals surface area (Å²) in [5.74, 6) is 1.82. The number of carbonyl (C=O) groups is 1. The Bertz CT molecular complexity index is 975. The lowest BCUT2D eigenvalue weighted by Gasteiger charge is -2.23. The number of hydrogen-bond acceptors (Lipinski definition) is 4. The first-order chi connectivity index (χ1) is 13.2. The third-order valence-corrected chi connectivity index (χ3v) is 5.94. The molecule has 138 valence electrons. The third-order valence-electron chi connectivity index (χ3n) is 4.94. The number of rotatable bonds is 6. The number of hydrogen-bond donors (Lipinski definition) is 3. The summed E-state index contributed by atoms with van der Waals surface area (Å²) in [5, 5.41) is 14.0. The normalized spacial score (nSPS) is 17.0. The van der Waals surface area contributed by atoms with E-state index in [0.29, 0.717) is 18.7 Å². The molecule has 4 nitrogen and oxygen atoms in total. The van der Waals surface area contributed by atoms with Gasteiger partial charge < -0.3 is 15.4 Å². The van der Waals surface area contributed by atoms with Gasteiger partial charge in [0.25, 0.3) is 0 Å². The van der Waals surface area contributed by atoms with Crippen LogP contribution in [0.25, 0.3) is 16.5 Å². The molecule has 0 fully saturated rings. The van der Waals surface area contributed by atoms with Gasteiger partial charge in [0.1, 0.15) is 5.75 Å². The summed E-state index contributed by atoms with van der Waals surface area (Å²) in [6.45, 7) is 0.694. The Morgan fingerprint density at radius 3 is 2.81 bits per heavy atom. The Kier molecular flexibility index (Phi) is 5.32. The predicted molar refractivity (Wildman–Crippen MR) is 112 cm³/mol. The zero-order chi connectivity index (χ0) is 18.6. The minimum atomic E-state index is -0.144. The Balaban J connectivity index is 1.33. The molecular formula is C22H22N2O2S. The van der Waals surface area contributed by atoms with Gasteiger partial charge in [0.15, 0.2) is 5.78 Å². The second-order valence-corrected chi connectivity index (χ2v) is 7.75. The summed E-state index contributed by atoms with van der Waals surface area (Å²) in [6, 6.07) is 15.3. The van der Waals surface area contributed by atoms with Crippen LogP contribution in [0.1, 0.15) is 17.5 Å². The Labute approximate surface area is 162 Å². The van der Waals surface area contributed by atoms with E-state index in [4.69, 9.17) is 0 Å². The van der Waals surface area contributed by atoms with E-state index >= 15 is 0 Å². The number of aromatic amines is 1. The SMILES string of the molecule is O=C(CSCc1c[nH]c2ccccc12)C1CC(c2ccc(O)cc2)=CCN1. The molecular weight excluding hydrogens is 356 g/mol. The van der Waals surface area contributed by atoms with Crippen molar-refractivity contribution in [1.29, 1.82) is 0 Å². The lowest BCUT2D eigenvalue weighted by atomic mass is 9.94. The van der Waals surface area contributed by atoms with E-state index in [0.717, 1.165) is 22.4 Å². The van der Waals surface area contributed by atoms with Gasteiger partial charge in [0, 0.05) is 29.4 Å². The van der Waals surface area contributed by atoms with Crippen LogP contribution in [-0.2, 0) is 10.5 Å². The van der Waals surface area contributed by atoms with Gasteiger partial charge >= 0.3 is 0 Å². The standard InChI is InChI=1S/C22H22N2O2S/c25-18-7-5-15(6-8-18)16-9-10-23-21(11-16)22(26)14-27-13-17-12-24-20-4-2-1-3-19(17)20/h1-9,12,21,23-25H,10-11,13-14H2. The van der Waals surface area contributed by atoms with Crippen molar-refractivity contribution in [3.63, 3.8) is 0 Å². The number of benzene rings is 2. The van der Waals surface area contributed by atoms with Crippen LogP contribution in [0.2, 0.25) is 0 Å². The molecule has 0 bridgehead atoms. The van der Waals surface area contributed by atoms with Gasteiger partial charge in [-0.25, -0.2) is 0 Å². The van der Waals surface area contributed by atoms with Gasteiger partial charge in [-0.1, -0.05) is 36.4 Å². The molecule has 0 saturated heterocycles. The second-order valence-electron chi connectivity index (χ2n) is 6.76. The van der Waals surface area contributed by atoms with Crippen molar-refractivity contribution in [2.75, 3.05) is 12.3 Å². The van der Waals surface area contributed by atoms with Crippen molar-refractivity contribution in [3.05, 3.63) is 71.9 Å². The van der Waals surface area contributed by atoms with Crippen LogP contribution in [0.15, 0.2) is 60.8 Å². The highest BCUT2D eigenvalue weighted by Gasteiger charge is 2.22. The van der Waals surface area contributed by atoms with Gasteiger partial charge in [0.05, 0.1) is 11.8 Å². The smallest absolute Gasteiger partial charge is 0.159 e. The van der Waals surface area contributed by atoms with Gasteiger partial charge in [-0.3, -0.25) is 4.79 Å². The maximum atomic E-state index is 12.7. The van der Waals surface area contributed by atoms with Crippen LogP contribution >= 0.6 is 11.8 Å². The van der Waals surface area contributed by atoms with Crippen molar-refractivity contribution >= 4 is 34.0 Å². The number of nitrogens with one attached hydrogen (secondary N) is 2. The quantitative estimate of drug-likeness (QED) is 0.604.